The van der Waals surface area contributed by atoms with Crippen molar-refractivity contribution in [3.63, 3.8) is 0 Å². The molecule has 0 aromatic heterocycles. The van der Waals surface area contributed by atoms with Crippen LogP contribution >= 0.6 is 27.7 Å². The lowest BCUT2D eigenvalue weighted by Gasteiger charge is -2.16. The molecule has 1 heterocycles. The van der Waals surface area contributed by atoms with Crippen molar-refractivity contribution in [1.82, 2.24) is 10.2 Å². The molecule has 0 radical (unpaired) electrons. The topological polar surface area (TPSA) is 32.3 Å². The maximum Gasteiger partial charge on any atom is 0.223 e. The van der Waals surface area contributed by atoms with E-state index in [2.05, 4.69) is 33.4 Å². The summed E-state index contributed by atoms with van der Waals surface area (Å²) in [7, 11) is 1.97. The molecule has 1 fully saturated rings. The fourth-order valence-corrected chi connectivity index (χ4v) is 3.56. The molecule has 1 atom stereocenters. The molecule has 0 saturated carbocycles. The van der Waals surface area contributed by atoms with Gasteiger partial charge in [0.1, 0.15) is 0 Å². The molecular formula is C15H21BrN2OS. The van der Waals surface area contributed by atoms with Crippen LogP contribution in [0, 0.1) is 5.92 Å². The molecule has 3 nitrogen and oxygen atoms in total. The highest BCUT2D eigenvalue weighted by Crippen LogP contribution is 2.22. The van der Waals surface area contributed by atoms with E-state index < -0.39 is 0 Å². The summed E-state index contributed by atoms with van der Waals surface area (Å²) in [4.78, 5) is 15.4. The Labute approximate surface area is 133 Å². The number of nitrogens with zero attached hydrogens (tertiary/aromatic N) is 1. The number of nitrogens with one attached hydrogen (secondary N) is 1. The Morgan fingerprint density at radius 1 is 1.45 bits per heavy atom. The van der Waals surface area contributed by atoms with Gasteiger partial charge in [-0.3, -0.25) is 4.79 Å². The Bertz CT molecular complexity index is 438. The Balaban J connectivity index is 1.69. The summed E-state index contributed by atoms with van der Waals surface area (Å²) in [5, 5.41) is 3.19. The van der Waals surface area contributed by atoms with Gasteiger partial charge in [-0.05, 0) is 50.2 Å². The van der Waals surface area contributed by atoms with Gasteiger partial charge in [-0.25, -0.2) is 0 Å². The Morgan fingerprint density at radius 3 is 2.90 bits per heavy atom. The van der Waals surface area contributed by atoms with Crippen LogP contribution in [0.1, 0.15) is 12.8 Å². The lowest BCUT2D eigenvalue weighted by Crippen LogP contribution is -2.30. The molecule has 1 saturated heterocycles. The Kier molecular flexibility index (Phi) is 6.39. The first-order chi connectivity index (χ1) is 9.69. The first-order valence-electron chi connectivity index (χ1n) is 7.00. The quantitative estimate of drug-likeness (QED) is 0.795. The second kappa shape index (κ2) is 8.05. The summed E-state index contributed by atoms with van der Waals surface area (Å²) >= 11 is 5.17. The number of thioether (sulfide) groups is 1. The predicted molar refractivity (Wildman–Crippen MR) is 88.1 cm³/mol. The highest BCUT2D eigenvalue weighted by molar-refractivity contribution is 9.10. The molecule has 1 amide bonds. The van der Waals surface area contributed by atoms with Gasteiger partial charge in [0.2, 0.25) is 5.91 Å². The zero-order valence-electron chi connectivity index (χ0n) is 11.8. The van der Waals surface area contributed by atoms with E-state index in [0.717, 1.165) is 36.3 Å². The summed E-state index contributed by atoms with van der Waals surface area (Å²) in [5.74, 6) is 1.78. The number of rotatable bonds is 6. The van der Waals surface area contributed by atoms with E-state index in [1.165, 1.54) is 4.90 Å². The standard InChI is InChI=1S/C15H21BrN2OS/c1-17-10-12-6-8-18(11-12)15(19)7-9-20-14-4-2-13(16)3-5-14/h2-5,12,17H,6-11H2,1H3. The highest BCUT2D eigenvalue weighted by atomic mass is 79.9. The summed E-state index contributed by atoms with van der Waals surface area (Å²) in [6, 6.07) is 8.23. The Morgan fingerprint density at radius 2 is 2.20 bits per heavy atom. The van der Waals surface area contributed by atoms with Gasteiger partial charge in [-0.1, -0.05) is 15.9 Å². The van der Waals surface area contributed by atoms with E-state index in [-0.39, 0.29) is 0 Å². The zero-order valence-corrected chi connectivity index (χ0v) is 14.2. The van der Waals surface area contributed by atoms with Crippen molar-refractivity contribution in [1.29, 1.82) is 0 Å². The molecular weight excluding hydrogens is 336 g/mol. The van der Waals surface area contributed by atoms with Crippen molar-refractivity contribution in [2.45, 2.75) is 17.7 Å². The van der Waals surface area contributed by atoms with Gasteiger partial charge in [-0.2, -0.15) is 0 Å². The summed E-state index contributed by atoms with van der Waals surface area (Å²) in [6.45, 7) is 2.86. The molecule has 1 aliphatic rings. The van der Waals surface area contributed by atoms with E-state index in [9.17, 15) is 4.79 Å². The molecule has 1 aromatic carbocycles. The van der Waals surface area contributed by atoms with Gasteiger partial charge in [0.15, 0.2) is 0 Å². The van der Waals surface area contributed by atoms with Crippen molar-refractivity contribution in [2.24, 2.45) is 5.92 Å². The molecule has 0 bridgehead atoms. The summed E-state index contributed by atoms with van der Waals surface area (Å²) in [6.07, 6.45) is 1.76. The predicted octanol–water partition coefficient (Wildman–Crippen LogP) is 3.00. The average molecular weight is 357 g/mol. The fraction of sp³-hybridized carbons (Fsp3) is 0.533. The van der Waals surface area contributed by atoms with Gasteiger partial charge < -0.3 is 10.2 Å². The minimum absolute atomic E-state index is 0.299. The smallest absolute Gasteiger partial charge is 0.223 e. The van der Waals surface area contributed by atoms with Gasteiger partial charge in [0.05, 0.1) is 0 Å². The number of halogens is 1. The largest absolute Gasteiger partial charge is 0.342 e. The van der Waals surface area contributed by atoms with Gasteiger partial charge >= 0.3 is 0 Å². The van der Waals surface area contributed by atoms with Gasteiger partial charge in [0, 0.05) is 34.6 Å². The van der Waals surface area contributed by atoms with Crippen LogP contribution in [0.15, 0.2) is 33.6 Å². The number of carbonyl (C=O) groups excluding carboxylic acids is 1. The SMILES string of the molecule is CNCC1CCN(C(=O)CCSc2ccc(Br)cc2)C1. The van der Waals surface area contributed by atoms with Crippen molar-refractivity contribution in [2.75, 3.05) is 32.4 Å². The monoisotopic (exact) mass is 356 g/mol. The number of amides is 1. The van der Waals surface area contributed by atoms with Crippen molar-refractivity contribution < 1.29 is 4.79 Å². The van der Waals surface area contributed by atoms with Crippen LogP contribution in [-0.4, -0.2) is 43.2 Å². The van der Waals surface area contributed by atoms with Crippen LogP contribution in [0.5, 0.6) is 0 Å². The van der Waals surface area contributed by atoms with Crippen LogP contribution in [0.3, 0.4) is 0 Å². The van der Waals surface area contributed by atoms with Crippen LogP contribution in [0.4, 0.5) is 0 Å². The van der Waals surface area contributed by atoms with Crippen molar-refractivity contribution >= 4 is 33.6 Å². The van der Waals surface area contributed by atoms with Gasteiger partial charge in [0.25, 0.3) is 0 Å². The minimum Gasteiger partial charge on any atom is -0.342 e. The molecule has 2 rings (SSSR count). The third-order valence-electron chi connectivity index (χ3n) is 3.53. The van der Waals surface area contributed by atoms with Crippen LogP contribution < -0.4 is 5.32 Å². The molecule has 1 unspecified atom stereocenters. The number of carbonyl (C=O) groups is 1. The van der Waals surface area contributed by atoms with Crippen molar-refractivity contribution in [3.8, 4) is 0 Å². The minimum atomic E-state index is 0.299. The lowest BCUT2D eigenvalue weighted by molar-refractivity contribution is -0.129. The molecule has 110 valence electrons. The van der Waals surface area contributed by atoms with E-state index in [1.807, 2.05) is 24.1 Å². The number of likely N-dealkylation sites (tertiary alicyclic amines) is 1. The third-order valence-corrected chi connectivity index (χ3v) is 5.07. The van der Waals surface area contributed by atoms with Crippen LogP contribution in [0.25, 0.3) is 0 Å². The molecule has 0 spiro atoms. The molecule has 1 aromatic rings. The normalized spacial score (nSPS) is 18.5. The van der Waals surface area contributed by atoms with Gasteiger partial charge in [-0.15, -0.1) is 11.8 Å². The third kappa shape index (κ3) is 4.79. The van der Waals surface area contributed by atoms with Crippen LogP contribution in [0.2, 0.25) is 0 Å². The van der Waals surface area contributed by atoms with Crippen LogP contribution in [-0.2, 0) is 4.79 Å². The second-order valence-corrected chi connectivity index (χ2v) is 7.19. The molecule has 1 aliphatic heterocycles. The maximum atomic E-state index is 12.1. The first kappa shape index (κ1) is 15.9. The summed E-state index contributed by atoms with van der Waals surface area (Å²) < 4.78 is 1.09. The molecule has 20 heavy (non-hydrogen) atoms. The zero-order chi connectivity index (χ0) is 14.4. The molecule has 0 aliphatic carbocycles. The maximum absolute atomic E-state index is 12.1. The lowest BCUT2D eigenvalue weighted by atomic mass is 10.1. The average Bonchev–Trinajstić information content (AvgIpc) is 2.90. The van der Waals surface area contributed by atoms with E-state index >= 15 is 0 Å². The van der Waals surface area contributed by atoms with Crippen molar-refractivity contribution in [3.05, 3.63) is 28.7 Å². The number of benzene rings is 1. The summed E-state index contributed by atoms with van der Waals surface area (Å²) in [5.41, 5.74) is 0. The molecule has 5 heteroatoms. The number of hydrogen-bond donors (Lipinski definition) is 1. The Hall–Kier alpha value is -0.520. The van der Waals surface area contributed by atoms with E-state index in [0.29, 0.717) is 18.2 Å². The van der Waals surface area contributed by atoms with E-state index in [4.69, 9.17) is 0 Å². The first-order valence-corrected chi connectivity index (χ1v) is 8.77. The molecule has 1 N–H and O–H groups in total. The highest BCUT2D eigenvalue weighted by Gasteiger charge is 2.25. The fourth-order valence-electron chi connectivity index (χ4n) is 2.46. The number of hydrogen-bond acceptors (Lipinski definition) is 3. The second-order valence-electron chi connectivity index (χ2n) is 5.10. The van der Waals surface area contributed by atoms with E-state index in [1.54, 1.807) is 11.8 Å².